The summed E-state index contributed by atoms with van der Waals surface area (Å²) in [7, 11) is 2.31. The van der Waals surface area contributed by atoms with E-state index in [1.165, 1.54) is 6.26 Å². The number of halogens is 1. The molecule has 140 valence electrons. The number of nitrogens with one attached hydrogen (secondary N) is 2. The summed E-state index contributed by atoms with van der Waals surface area (Å²) in [5.41, 5.74) is 0. The van der Waals surface area contributed by atoms with E-state index in [9.17, 15) is 8.42 Å². The highest BCUT2D eigenvalue weighted by Crippen LogP contribution is 2.13. The van der Waals surface area contributed by atoms with Crippen molar-refractivity contribution in [1.82, 2.24) is 15.5 Å². The number of methoxy groups -OCH3 is 1. The number of ether oxygens (including phenoxy) is 1. The number of hydrogen-bond acceptors (Lipinski definition) is 5. The van der Waals surface area contributed by atoms with Crippen LogP contribution in [-0.4, -0.2) is 84.3 Å². The molecule has 0 radical (unpaired) electrons. The van der Waals surface area contributed by atoms with Gasteiger partial charge in [-0.15, -0.1) is 24.0 Å². The summed E-state index contributed by atoms with van der Waals surface area (Å²) in [5, 5.41) is 6.25. The Morgan fingerprint density at radius 3 is 2.35 bits per heavy atom. The summed E-state index contributed by atoms with van der Waals surface area (Å²) in [6.07, 6.45) is 2.25. The number of nitrogens with zero attached hydrogens (tertiary/aromatic N) is 2. The largest absolute Gasteiger partial charge is 0.385 e. The average molecular weight is 464 g/mol. The van der Waals surface area contributed by atoms with Crippen molar-refractivity contribution in [2.75, 3.05) is 60.2 Å². The number of aliphatic imine (C=N–C) groups is 1. The number of hydrogen-bond donors (Lipinski definition) is 2. The van der Waals surface area contributed by atoms with E-state index in [2.05, 4.69) is 27.6 Å². The van der Waals surface area contributed by atoms with Crippen LogP contribution in [0.15, 0.2) is 4.99 Å². The lowest BCUT2D eigenvalue weighted by Crippen LogP contribution is -2.48. The quantitative estimate of drug-likeness (QED) is 0.213. The lowest BCUT2D eigenvalue weighted by atomic mass is 10.2. The van der Waals surface area contributed by atoms with Gasteiger partial charge < -0.3 is 20.3 Å². The van der Waals surface area contributed by atoms with Gasteiger partial charge in [0.2, 0.25) is 0 Å². The molecule has 0 unspecified atom stereocenters. The Labute approximate surface area is 158 Å². The second-order valence-electron chi connectivity index (χ2n) is 6.03. The fourth-order valence-corrected chi connectivity index (χ4v) is 1.94. The molecule has 0 aliphatic heterocycles. The molecule has 23 heavy (non-hydrogen) atoms. The van der Waals surface area contributed by atoms with Crippen molar-refractivity contribution in [3.05, 3.63) is 0 Å². The van der Waals surface area contributed by atoms with Gasteiger partial charge in [0.05, 0.1) is 4.75 Å². The van der Waals surface area contributed by atoms with Gasteiger partial charge in [0, 0.05) is 53.2 Å². The molecule has 0 rings (SSSR count). The third kappa shape index (κ3) is 11.1. The van der Waals surface area contributed by atoms with Gasteiger partial charge in [-0.25, -0.2) is 8.42 Å². The second kappa shape index (κ2) is 12.3. The van der Waals surface area contributed by atoms with Crippen LogP contribution in [0.2, 0.25) is 0 Å². The summed E-state index contributed by atoms with van der Waals surface area (Å²) < 4.78 is 27.5. The van der Waals surface area contributed by atoms with Crippen LogP contribution < -0.4 is 10.6 Å². The summed E-state index contributed by atoms with van der Waals surface area (Å²) >= 11 is 0. The standard InChI is InChI=1S/C14H32N4O3S.HI/c1-14(2,22(6,19)20)12-17-13(15-3)16-8-10-18(4)9-7-11-21-5;/h7-12H2,1-6H3,(H2,15,16,17);1H. The van der Waals surface area contributed by atoms with Gasteiger partial charge >= 0.3 is 0 Å². The van der Waals surface area contributed by atoms with Crippen LogP contribution in [0.3, 0.4) is 0 Å². The van der Waals surface area contributed by atoms with Gasteiger partial charge in [-0.05, 0) is 27.3 Å². The first-order chi connectivity index (χ1) is 10.1. The summed E-state index contributed by atoms with van der Waals surface area (Å²) in [4.78, 5) is 6.31. The van der Waals surface area contributed by atoms with Gasteiger partial charge in [0.25, 0.3) is 0 Å². The maximum absolute atomic E-state index is 11.7. The highest BCUT2D eigenvalue weighted by molar-refractivity contribution is 14.0. The van der Waals surface area contributed by atoms with Crippen LogP contribution in [0.1, 0.15) is 20.3 Å². The maximum atomic E-state index is 11.7. The van der Waals surface area contributed by atoms with Crippen molar-refractivity contribution in [2.24, 2.45) is 4.99 Å². The van der Waals surface area contributed by atoms with Crippen LogP contribution in [0, 0.1) is 0 Å². The molecule has 7 nitrogen and oxygen atoms in total. The monoisotopic (exact) mass is 464 g/mol. The Balaban J connectivity index is 0. The highest BCUT2D eigenvalue weighted by atomic mass is 127. The van der Waals surface area contributed by atoms with E-state index in [0.29, 0.717) is 12.5 Å². The molecule has 9 heteroatoms. The number of likely N-dealkylation sites (N-methyl/N-ethyl adjacent to an activating group) is 1. The minimum Gasteiger partial charge on any atom is -0.385 e. The minimum absolute atomic E-state index is 0. The molecule has 0 saturated heterocycles. The average Bonchev–Trinajstić information content (AvgIpc) is 2.41. The molecule has 0 aromatic carbocycles. The first kappa shape index (κ1) is 25.1. The van der Waals surface area contributed by atoms with Crippen molar-refractivity contribution in [1.29, 1.82) is 0 Å². The summed E-state index contributed by atoms with van der Waals surface area (Å²) in [6.45, 7) is 7.07. The van der Waals surface area contributed by atoms with Crippen LogP contribution >= 0.6 is 24.0 Å². The summed E-state index contributed by atoms with van der Waals surface area (Å²) in [6, 6.07) is 0. The molecular formula is C14H33IN4O3S. The molecule has 0 fully saturated rings. The van der Waals surface area contributed by atoms with Gasteiger partial charge in [-0.2, -0.15) is 0 Å². The van der Waals surface area contributed by atoms with E-state index in [4.69, 9.17) is 4.74 Å². The molecule has 2 N–H and O–H groups in total. The third-order valence-electron chi connectivity index (χ3n) is 3.58. The predicted molar refractivity (Wildman–Crippen MR) is 108 cm³/mol. The fourth-order valence-electron chi connectivity index (χ4n) is 1.60. The topological polar surface area (TPSA) is 83.0 Å². The number of rotatable bonds is 10. The lowest BCUT2D eigenvalue weighted by molar-refractivity contribution is 0.180. The van der Waals surface area contributed by atoms with E-state index >= 15 is 0 Å². The molecule has 0 aliphatic carbocycles. The molecular weight excluding hydrogens is 431 g/mol. The van der Waals surface area contributed by atoms with Crippen molar-refractivity contribution in [2.45, 2.75) is 25.0 Å². The van der Waals surface area contributed by atoms with Crippen LogP contribution in [0.25, 0.3) is 0 Å². The molecule has 0 saturated carbocycles. The molecule has 0 bridgehead atoms. The first-order valence-electron chi connectivity index (χ1n) is 7.45. The van der Waals surface area contributed by atoms with Crippen molar-refractivity contribution in [3.63, 3.8) is 0 Å². The van der Waals surface area contributed by atoms with E-state index in [0.717, 1.165) is 32.7 Å². The highest BCUT2D eigenvalue weighted by Gasteiger charge is 2.30. The Morgan fingerprint density at radius 1 is 1.26 bits per heavy atom. The van der Waals surface area contributed by atoms with E-state index < -0.39 is 14.6 Å². The molecule has 0 spiro atoms. The second-order valence-corrected chi connectivity index (χ2v) is 8.68. The Hall–Kier alpha value is -0.130. The van der Waals surface area contributed by atoms with Crippen molar-refractivity contribution < 1.29 is 13.2 Å². The fraction of sp³-hybridized carbons (Fsp3) is 0.929. The molecule has 0 amide bonds. The smallest absolute Gasteiger partial charge is 0.191 e. The predicted octanol–water partition coefficient (Wildman–Crippen LogP) is 0.561. The Bertz CT molecular complexity index is 441. The van der Waals surface area contributed by atoms with Gasteiger partial charge in [0.1, 0.15) is 0 Å². The third-order valence-corrected chi connectivity index (χ3v) is 5.74. The molecule has 0 aromatic rings. The van der Waals surface area contributed by atoms with Gasteiger partial charge in [-0.3, -0.25) is 4.99 Å². The van der Waals surface area contributed by atoms with E-state index in [1.807, 2.05) is 0 Å². The van der Waals surface area contributed by atoms with Gasteiger partial charge in [0.15, 0.2) is 15.8 Å². The SMILES string of the molecule is CN=C(NCCN(C)CCCOC)NCC(C)(C)S(C)(=O)=O.I. The lowest BCUT2D eigenvalue weighted by Gasteiger charge is -2.24. The number of guanidine groups is 1. The van der Waals surface area contributed by atoms with Crippen LogP contribution in [0.5, 0.6) is 0 Å². The molecule has 0 aromatic heterocycles. The molecule has 0 aliphatic rings. The molecule has 0 heterocycles. The minimum atomic E-state index is -3.12. The summed E-state index contributed by atoms with van der Waals surface area (Å²) in [5.74, 6) is 0.613. The zero-order valence-corrected chi connectivity index (χ0v) is 18.3. The van der Waals surface area contributed by atoms with Crippen molar-refractivity contribution >= 4 is 39.8 Å². The normalized spacial score (nSPS) is 12.9. The van der Waals surface area contributed by atoms with Gasteiger partial charge in [-0.1, -0.05) is 0 Å². The molecule has 0 atom stereocenters. The Morgan fingerprint density at radius 2 is 1.87 bits per heavy atom. The number of sulfone groups is 1. The van der Waals surface area contributed by atoms with Crippen LogP contribution in [0.4, 0.5) is 0 Å². The Kier molecular flexibility index (Phi) is 13.4. The van der Waals surface area contributed by atoms with Crippen molar-refractivity contribution in [3.8, 4) is 0 Å². The van der Waals surface area contributed by atoms with E-state index in [-0.39, 0.29) is 24.0 Å². The van der Waals surface area contributed by atoms with E-state index in [1.54, 1.807) is 28.0 Å². The zero-order chi connectivity index (χ0) is 17.2. The van der Waals surface area contributed by atoms with Crippen LogP contribution in [-0.2, 0) is 14.6 Å². The first-order valence-corrected chi connectivity index (χ1v) is 9.35. The zero-order valence-electron chi connectivity index (χ0n) is 15.2. The maximum Gasteiger partial charge on any atom is 0.191 e.